The predicted molar refractivity (Wildman–Crippen MR) is 48.2 cm³/mol. The van der Waals surface area contributed by atoms with Gasteiger partial charge in [0.25, 0.3) is 0 Å². The fraction of sp³-hybridized carbons (Fsp3) is 0.400. The molecular formula is C10H12FNO. The maximum Gasteiger partial charge on any atom is 0.165 e. The summed E-state index contributed by atoms with van der Waals surface area (Å²) in [6, 6.07) is 3.12. The molecule has 1 aromatic rings. The molecule has 1 aliphatic heterocycles. The Hall–Kier alpha value is -1.09. The molecule has 70 valence electrons. The lowest BCUT2D eigenvalue weighted by molar-refractivity contribution is 0.407. The van der Waals surface area contributed by atoms with Gasteiger partial charge in [0.1, 0.15) is 0 Å². The van der Waals surface area contributed by atoms with Gasteiger partial charge in [0.15, 0.2) is 11.6 Å². The van der Waals surface area contributed by atoms with Crippen molar-refractivity contribution in [3.8, 4) is 5.75 Å². The van der Waals surface area contributed by atoms with Crippen molar-refractivity contribution < 1.29 is 9.50 Å². The van der Waals surface area contributed by atoms with Crippen LogP contribution in [0.1, 0.15) is 24.1 Å². The minimum atomic E-state index is -0.533. The topological polar surface area (TPSA) is 32.3 Å². The van der Waals surface area contributed by atoms with Crippen molar-refractivity contribution in [3.63, 3.8) is 0 Å². The Bertz CT molecular complexity index is 338. The van der Waals surface area contributed by atoms with Gasteiger partial charge in [-0.25, -0.2) is 4.39 Å². The summed E-state index contributed by atoms with van der Waals surface area (Å²) in [6.07, 6.45) is 0.855. The van der Waals surface area contributed by atoms with E-state index in [1.165, 1.54) is 6.07 Å². The summed E-state index contributed by atoms with van der Waals surface area (Å²) in [5, 5.41) is 12.7. The number of halogens is 1. The van der Waals surface area contributed by atoms with E-state index in [1.54, 1.807) is 6.07 Å². The average Bonchev–Trinajstić information content (AvgIpc) is 2.12. The molecule has 2 N–H and O–H groups in total. The molecule has 0 saturated heterocycles. The Balaban J connectivity index is 2.58. The van der Waals surface area contributed by atoms with Crippen molar-refractivity contribution >= 4 is 0 Å². The van der Waals surface area contributed by atoms with E-state index in [0.717, 1.165) is 18.5 Å². The molecule has 0 radical (unpaired) electrons. The Morgan fingerprint density at radius 3 is 3.08 bits per heavy atom. The van der Waals surface area contributed by atoms with Crippen LogP contribution in [-0.4, -0.2) is 11.7 Å². The van der Waals surface area contributed by atoms with E-state index < -0.39 is 5.82 Å². The molecular weight excluding hydrogens is 169 g/mol. The first-order chi connectivity index (χ1) is 6.20. The molecule has 0 spiro atoms. The Morgan fingerprint density at radius 2 is 2.31 bits per heavy atom. The van der Waals surface area contributed by atoms with Gasteiger partial charge in [-0.1, -0.05) is 6.07 Å². The first-order valence-electron chi connectivity index (χ1n) is 4.44. The zero-order valence-corrected chi connectivity index (χ0v) is 7.47. The minimum Gasteiger partial charge on any atom is -0.505 e. The van der Waals surface area contributed by atoms with Crippen LogP contribution in [-0.2, 0) is 6.42 Å². The van der Waals surface area contributed by atoms with Crippen LogP contribution in [0.3, 0.4) is 0 Å². The molecule has 0 aliphatic carbocycles. The molecule has 1 atom stereocenters. The number of benzene rings is 1. The monoisotopic (exact) mass is 181 g/mol. The Kier molecular flexibility index (Phi) is 1.96. The quantitative estimate of drug-likeness (QED) is 0.639. The molecule has 2 nitrogen and oxygen atoms in total. The van der Waals surface area contributed by atoms with Crippen molar-refractivity contribution in [2.75, 3.05) is 6.54 Å². The van der Waals surface area contributed by atoms with Gasteiger partial charge >= 0.3 is 0 Å². The third-order valence-electron chi connectivity index (χ3n) is 2.54. The molecule has 1 aliphatic rings. The summed E-state index contributed by atoms with van der Waals surface area (Å²) in [4.78, 5) is 0. The van der Waals surface area contributed by atoms with Crippen molar-refractivity contribution in [2.45, 2.75) is 19.4 Å². The van der Waals surface area contributed by atoms with Crippen LogP contribution in [0.5, 0.6) is 5.75 Å². The van der Waals surface area contributed by atoms with Crippen molar-refractivity contribution in [3.05, 3.63) is 29.1 Å². The highest BCUT2D eigenvalue weighted by atomic mass is 19.1. The van der Waals surface area contributed by atoms with E-state index in [-0.39, 0.29) is 11.8 Å². The number of nitrogens with one attached hydrogen (secondary N) is 1. The fourth-order valence-electron chi connectivity index (χ4n) is 1.85. The summed E-state index contributed by atoms with van der Waals surface area (Å²) >= 11 is 0. The average molecular weight is 181 g/mol. The largest absolute Gasteiger partial charge is 0.505 e. The second-order valence-corrected chi connectivity index (χ2v) is 3.39. The lowest BCUT2D eigenvalue weighted by Gasteiger charge is -2.24. The van der Waals surface area contributed by atoms with Crippen LogP contribution < -0.4 is 5.32 Å². The molecule has 0 aromatic heterocycles. The van der Waals surface area contributed by atoms with Crippen LogP contribution >= 0.6 is 0 Å². The smallest absolute Gasteiger partial charge is 0.165 e. The second-order valence-electron chi connectivity index (χ2n) is 3.39. The first-order valence-corrected chi connectivity index (χ1v) is 4.44. The highest BCUT2D eigenvalue weighted by Crippen LogP contribution is 2.32. The van der Waals surface area contributed by atoms with Gasteiger partial charge in [-0.3, -0.25) is 0 Å². The summed E-state index contributed by atoms with van der Waals surface area (Å²) in [7, 11) is 0. The van der Waals surface area contributed by atoms with E-state index in [9.17, 15) is 9.50 Å². The second kappa shape index (κ2) is 3.00. The van der Waals surface area contributed by atoms with Gasteiger partial charge in [0.05, 0.1) is 0 Å². The van der Waals surface area contributed by atoms with E-state index >= 15 is 0 Å². The van der Waals surface area contributed by atoms with Gasteiger partial charge in [-0.05, 0) is 31.5 Å². The molecule has 0 amide bonds. The molecule has 3 heteroatoms. The summed E-state index contributed by atoms with van der Waals surface area (Å²) in [5.74, 6) is -0.730. The van der Waals surface area contributed by atoms with Crippen LogP contribution in [0, 0.1) is 5.82 Å². The molecule has 1 aromatic carbocycles. The summed E-state index contributed by atoms with van der Waals surface area (Å²) < 4.78 is 13.0. The maximum absolute atomic E-state index is 13.0. The lowest BCUT2D eigenvalue weighted by Crippen LogP contribution is -2.27. The summed E-state index contributed by atoms with van der Waals surface area (Å²) in [6.45, 7) is 2.82. The predicted octanol–water partition coefficient (Wildman–Crippen LogP) is 1.74. The zero-order valence-electron chi connectivity index (χ0n) is 7.47. The van der Waals surface area contributed by atoms with E-state index in [1.807, 2.05) is 6.92 Å². The van der Waals surface area contributed by atoms with Gasteiger partial charge < -0.3 is 10.4 Å². The van der Waals surface area contributed by atoms with E-state index in [4.69, 9.17) is 0 Å². The normalized spacial score (nSPS) is 21.2. The Labute approximate surface area is 76.4 Å². The van der Waals surface area contributed by atoms with Crippen molar-refractivity contribution in [1.82, 2.24) is 5.32 Å². The van der Waals surface area contributed by atoms with Gasteiger partial charge in [-0.2, -0.15) is 0 Å². The van der Waals surface area contributed by atoms with Gasteiger partial charge in [0.2, 0.25) is 0 Å². The van der Waals surface area contributed by atoms with Crippen molar-refractivity contribution in [1.29, 1.82) is 0 Å². The van der Waals surface area contributed by atoms with Gasteiger partial charge in [0, 0.05) is 11.6 Å². The zero-order chi connectivity index (χ0) is 9.42. The van der Waals surface area contributed by atoms with Gasteiger partial charge in [-0.15, -0.1) is 0 Å². The van der Waals surface area contributed by atoms with Crippen LogP contribution in [0.4, 0.5) is 4.39 Å². The number of hydrogen-bond acceptors (Lipinski definition) is 2. The molecule has 2 rings (SSSR count). The molecule has 1 unspecified atom stereocenters. The molecule has 0 fully saturated rings. The van der Waals surface area contributed by atoms with Crippen molar-refractivity contribution in [2.24, 2.45) is 0 Å². The first kappa shape index (κ1) is 8.51. The standard InChI is InChI=1S/C10H12FNO/c1-6-9-7(4-5-12-6)2-3-8(11)10(9)13/h2-3,6,12-13H,4-5H2,1H3. The van der Waals surface area contributed by atoms with Crippen LogP contribution in [0.15, 0.2) is 12.1 Å². The van der Waals surface area contributed by atoms with Crippen LogP contribution in [0.2, 0.25) is 0 Å². The lowest BCUT2D eigenvalue weighted by atomic mass is 9.94. The van der Waals surface area contributed by atoms with E-state index in [0.29, 0.717) is 5.56 Å². The number of aromatic hydroxyl groups is 1. The third-order valence-corrected chi connectivity index (χ3v) is 2.54. The number of hydrogen-bond donors (Lipinski definition) is 2. The highest BCUT2D eigenvalue weighted by molar-refractivity contribution is 5.43. The maximum atomic E-state index is 13.0. The summed E-state index contributed by atoms with van der Waals surface area (Å²) in [5.41, 5.74) is 1.76. The highest BCUT2D eigenvalue weighted by Gasteiger charge is 2.21. The fourth-order valence-corrected chi connectivity index (χ4v) is 1.85. The molecule has 0 saturated carbocycles. The Morgan fingerprint density at radius 1 is 1.54 bits per heavy atom. The molecule has 1 heterocycles. The number of phenols is 1. The van der Waals surface area contributed by atoms with Crippen LogP contribution in [0.25, 0.3) is 0 Å². The molecule has 13 heavy (non-hydrogen) atoms. The SMILES string of the molecule is CC1NCCc2ccc(F)c(O)c21. The third kappa shape index (κ3) is 1.29. The van der Waals surface area contributed by atoms with E-state index in [2.05, 4.69) is 5.32 Å². The number of phenolic OH excluding ortho intramolecular Hbond substituents is 1. The molecule has 0 bridgehead atoms. The minimum absolute atomic E-state index is 0.0412. The number of rotatable bonds is 0. The number of fused-ring (bicyclic) bond motifs is 1.